The van der Waals surface area contributed by atoms with E-state index in [0.29, 0.717) is 13.0 Å². The van der Waals surface area contributed by atoms with Crippen molar-refractivity contribution < 1.29 is 14.7 Å². The Morgan fingerprint density at radius 3 is 2.27 bits per heavy atom. The summed E-state index contributed by atoms with van der Waals surface area (Å²) in [6, 6.07) is -0.354. The van der Waals surface area contributed by atoms with E-state index in [1.807, 2.05) is 13.8 Å². The molecule has 0 unspecified atom stereocenters. The quantitative estimate of drug-likeness (QED) is 0.545. The Hall–Kier alpha value is -1.10. The van der Waals surface area contributed by atoms with Crippen molar-refractivity contribution in [2.45, 2.75) is 39.2 Å². The molecule has 0 saturated heterocycles. The van der Waals surface area contributed by atoms with E-state index in [4.69, 9.17) is 10.8 Å². The van der Waals surface area contributed by atoms with Crippen LogP contribution in [0.15, 0.2) is 0 Å². The predicted molar refractivity (Wildman–Crippen MR) is 57.3 cm³/mol. The molecule has 88 valence electrons. The Bertz CT molecular complexity index is 219. The molecule has 0 aromatic carbocycles. The zero-order valence-electron chi connectivity index (χ0n) is 9.32. The fourth-order valence-electron chi connectivity index (χ4n) is 1.36. The Balaban J connectivity index is 3.97. The minimum absolute atomic E-state index is 0.0518. The van der Waals surface area contributed by atoms with E-state index in [1.54, 1.807) is 0 Å². The minimum Gasteiger partial charge on any atom is -0.481 e. The molecule has 0 saturated carbocycles. The first kappa shape index (κ1) is 13.9. The van der Waals surface area contributed by atoms with Gasteiger partial charge in [0.05, 0.1) is 6.04 Å². The summed E-state index contributed by atoms with van der Waals surface area (Å²) < 4.78 is 0. The summed E-state index contributed by atoms with van der Waals surface area (Å²) in [5, 5.41) is 11.6. The molecular formula is C10H20N2O3. The largest absolute Gasteiger partial charge is 0.481 e. The van der Waals surface area contributed by atoms with Crippen LogP contribution in [0.2, 0.25) is 0 Å². The van der Waals surface area contributed by atoms with Gasteiger partial charge in [0.2, 0.25) is 5.91 Å². The van der Waals surface area contributed by atoms with Crippen molar-refractivity contribution in [2.75, 3.05) is 6.54 Å². The maximum absolute atomic E-state index is 10.9. The summed E-state index contributed by atoms with van der Waals surface area (Å²) in [6.45, 7) is 4.31. The number of hydrogen-bond donors (Lipinski definition) is 3. The van der Waals surface area contributed by atoms with E-state index < -0.39 is 5.97 Å². The maximum atomic E-state index is 10.9. The molecule has 0 bridgehead atoms. The third-order valence-electron chi connectivity index (χ3n) is 2.45. The van der Waals surface area contributed by atoms with Crippen molar-refractivity contribution in [1.29, 1.82) is 0 Å². The molecule has 0 aliphatic carbocycles. The number of carbonyl (C=O) groups excluding carboxylic acids is 1. The Morgan fingerprint density at radius 1 is 1.33 bits per heavy atom. The first-order valence-corrected chi connectivity index (χ1v) is 5.25. The number of carbonyl (C=O) groups is 2. The van der Waals surface area contributed by atoms with Crippen LogP contribution >= 0.6 is 0 Å². The fourth-order valence-corrected chi connectivity index (χ4v) is 1.36. The first-order valence-electron chi connectivity index (χ1n) is 5.25. The van der Waals surface area contributed by atoms with Gasteiger partial charge in [-0.25, -0.2) is 0 Å². The van der Waals surface area contributed by atoms with Crippen LogP contribution in [0.25, 0.3) is 0 Å². The molecule has 0 rings (SSSR count). The van der Waals surface area contributed by atoms with Gasteiger partial charge in [0, 0.05) is 6.42 Å². The average molecular weight is 216 g/mol. The summed E-state index contributed by atoms with van der Waals surface area (Å²) >= 11 is 0. The normalized spacial score (nSPS) is 14.5. The smallest absolute Gasteiger partial charge is 0.303 e. The van der Waals surface area contributed by atoms with Gasteiger partial charge in [-0.3, -0.25) is 9.59 Å². The van der Waals surface area contributed by atoms with Crippen LogP contribution in [0.5, 0.6) is 0 Å². The van der Waals surface area contributed by atoms with Crippen molar-refractivity contribution in [2.24, 2.45) is 11.7 Å². The van der Waals surface area contributed by atoms with Crippen LogP contribution in [0.4, 0.5) is 0 Å². The number of primary amides is 1. The van der Waals surface area contributed by atoms with Gasteiger partial charge < -0.3 is 16.2 Å². The molecule has 0 heterocycles. The second kappa shape index (κ2) is 7.23. The number of rotatable bonds is 8. The number of nitrogens with two attached hydrogens (primary N) is 1. The van der Waals surface area contributed by atoms with Gasteiger partial charge in [-0.15, -0.1) is 0 Å². The molecule has 0 radical (unpaired) electrons. The van der Waals surface area contributed by atoms with Crippen LogP contribution in [0.3, 0.4) is 0 Å². The number of carboxylic acid groups (broad SMARTS) is 1. The molecule has 4 N–H and O–H groups in total. The van der Waals surface area contributed by atoms with Crippen LogP contribution in [0, 0.1) is 5.92 Å². The lowest BCUT2D eigenvalue weighted by Gasteiger charge is -2.18. The second-order valence-corrected chi connectivity index (χ2v) is 3.64. The van der Waals surface area contributed by atoms with Crippen molar-refractivity contribution in [3.63, 3.8) is 0 Å². The van der Waals surface area contributed by atoms with Gasteiger partial charge in [0.15, 0.2) is 0 Å². The summed E-state index contributed by atoms with van der Waals surface area (Å²) in [6.07, 6.45) is 1.52. The van der Waals surface area contributed by atoms with Crippen molar-refractivity contribution in [3.8, 4) is 0 Å². The Labute approximate surface area is 90.0 Å². The van der Waals surface area contributed by atoms with Crippen LogP contribution in [-0.4, -0.2) is 29.6 Å². The summed E-state index contributed by atoms with van der Waals surface area (Å²) in [5.74, 6) is -1.14. The first-order chi connectivity index (χ1) is 7.01. The summed E-state index contributed by atoms with van der Waals surface area (Å²) in [4.78, 5) is 21.4. The number of nitrogens with one attached hydrogen (secondary N) is 1. The highest BCUT2D eigenvalue weighted by molar-refractivity contribution is 5.79. The zero-order valence-corrected chi connectivity index (χ0v) is 9.32. The van der Waals surface area contributed by atoms with Crippen molar-refractivity contribution in [3.05, 3.63) is 0 Å². The molecule has 5 nitrogen and oxygen atoms in total. The lowest BCUT2D eigenvalue weighted by Crippen LogP contribution is -2.43. The number of aliphatic carboxylic acids is 1. The number of hydrogen-bond acceptors (Lipinski definition) is 3. The van der Waals surface area contributed by atoms with Crippen LogP contribution in [0.1, 0.15) is 33.1 Å². The van der Waals surface area contributed by atoms with E-state index in [1.165, 1.54) is 0 Å². The molecule has 0 aliphatic heterocycles. The predicted octanol–water partition coefficient (Wildman–Crippen LogP) is 0.341. The third kappa shape index (κ3) is 6.06. The second-order valence-electron chi connectivity index (χ2n) is 3.64. The van der Waals surface area contributed by atoms with E-state index >= 15 is 0 Å². The molecular weight excluding hydrogens is 196 g/mol. The molecule has 5 heteroatoms. The number of carboxylic acids is 1. The van der Waals surface area contributed by atoms with Crippen molar-refractivity contribution >= 4 is 11.9 Å². The topological polar surface area (TPSA) is 92.4 Å². The SMILES string of the molecule is CC[C@H](CN[C@@H](CC)C(N)=O)CC(=O)O. The van der Waals surface area contributed by atoms with Gasteiger partial charge in [-0.1, -0.05) is 20.3 Å². The summed E-state index contributed by atoms with van der Waals surface area (Å²) in [7, 11) is 0. The van der Waals surface area contributed by atoms with E-state index in [-0.39, 0.29) is 24.3 Å². The van der Waals surface area contributed by atoms with E-state index in [2.05, 4.69) is 5.32 Å². The van der Waals surface area contributed by atoms with Gasteiger partial charge >= 0.3 is 5.97 Å². The Morgan fingerprint density at radius 2 is 1.93 bits per heavy atom. The van der Waals surface area contributed by atoms with Crippen LogP contribution < -0.4 is 11.1 Å². The van der Waals surface area contributed by atoms with Crippen LogP contribution in [-0.2, 0) is 9.59 Å². The number of amides is 1. The van der Waals surface area contributed by atoms with Gasteiger partial charge in [-0.2, -0.15) is 0 Å². The van der Waals surface area contributed by atoms with E-state index in [9.17, 15) is 9.59 Å². The average Bonchev–Trinajstić information content (AvgIpc) is 2.15. The zero-order chi connectivity index (χ0) is 11.8. The molecule has 0 spiro atoms. The standard InChI is InChI=1S/C10H20N2O3/c1-3-7(5-9(13)14)6-12-8(4-2)10(11)15/h7-8,12H,3-6H2,1-2H3,(H2,11,15)(H,13,14)/t7-,8-/m0/s1. The highest BCUT2D eigenvalue weighted by atomic mass is 16.4. The molecule has 0 aromatic rings. The highest BCUT2D eigenvalue weighted by Gasteiger charge is 2.16. The fraction of sp³-hybridized carbons (Fsp3) is 0.800. The molecule has 0 fully saturated rings. The lowest BCUT2D eigenvalue weighted by atomic mass is 10.0. The monoisotopic (exact) mass is 216 g/mol. The third-order valence-corrected chi connectivity index (χ3v) is 2.45. The molecule has 15 heavy (non-hydrogen) atoms. The van der Waals surface area contributed by atoms with E-state index in [0.717, 1.165) is 6.42 Å². The van der Waals surface area contributed by atoms with Gasteiger partial charge in [0.1, 0.15) is 0 Å². The molecule has 2 atom stereocenters. The Kier molecular flexibility index (Phi) is 6.70. The maximum Gasteiger partial charge on any atom is 0.303 e. The molecule has 0 aliphatic rings. The lowest BCUT2D eigenvalue weighted by molar-refractivity contribution is -0.138. The van der Waals surface area contributed by atoms with Crippen molar-refractivity contribution in [1.82, 2.24) is 5.32 Å². The minimum atomic E-state index is -0.809. The molecule has 1 amide bonds. The summed E-state index contributed by atoms with van der Waals surface area (Å²) in [5.41, 5.74) is 5.16. The molecule has 0 aromatic heterocycles. The highest BCUT2D eigenvalue weighted by Crippen LogP contribution is 2.07. The van der Waals surface area contributed by atoms with Gasteiger partial charge in [-0.05, 0) is 18.9 Å². The van der Waals surface area contributed by atoms with Gasteiger partial charge in [0.25, 0.3) is 0 Å².